The number of thiophene rings is 1. The standard InChI is InChI=1S/C13H12BrClN2S/c14-9-5-6-18-12(9)13-16-10(7-11(15)17-13)8-3-1-2-4-8/h5-8H,1-4H2. The molecule has 0 saturated heterocycles. The van der Waals surface area contributed by atoms with Gasteiger partial charge in [-0.15, -0.1) is 11.3 Å². The molecule has 94 valence electrons. The highest BCUT2D eigenvalue weighted by molar-refractivity contribution is 9.10. The predicted octanol–water partition coefficient (Wildman–Crippen LogP) is 5.28. The van der Waals surface area contributed by atoms with Gasteiger partial charge in [-0.1, -0.05) is 24.4 Å². The molecular weight excluding hydrogens is 332 g/mol. The molecule has 2 nitrogen and oxygen atoms in total. The molecule has 18 heavy (non-hydrogen) atoms. The summed E-state index contributed by atoms with van der Waals surface area (Å²) in [5.41, 5.74) is 1.10. The predicted molar refractivity (Wildman–Crippen MR) is 79.3 cm³/mol. The summed E-state index contributed by atoms with van der Waals surface area (Å²) in [5, 5.41) is 2.57. The zero-order chi connectivity index (χ0) is 12.5. The van der Waals surface area contributed by atoms with Crippen LogP contribution in [-0.4, -0.2) is 9.97 Å². The summed E-state index contributed by atoms with van der Waals surface area (Å²) >= 11 is 11.3. The molecule has 0 amide bonds. The first-order valence-electron chi connectivity index (χ1n) is 6.02. The first kappa shape index (κ1) is 12.6. The third kappa shape index (κ3) is 2.46. The highest BCUT2D eigenvalue weighted by Gasteiger charge is 2.20. The second-order valence-electron chi connectivity index (χ2n) is 4.52. The molecule has 1 aliphatic rings. The molecule has 0 unspecified atom stereocenters. The van der Waals surface area contributed by atoms with Gasteiger partial charge in [-0.3, -0.25) is 0 Å². The molecule has 0 aliphatic heterocycles. The normalized spacial score (nSPS) is 16.3. The summed E-state index contributed by atoms with van der Waals surface area (Å²) in [5.74, 6) is 1.30. The Morgan fingerprint density at radius 2 is 2.06 bits per heavy atom. The molecule has 0 radical (unpaired) electrons. The zero-order valence-corrected chi connectivity index (χ0v) is 12.9. The average Bonchev–Trinajstić information content (AvgIpc) is 2.98. The van der Waals surface area contributed by atoms with Crippen LogP contribution >= 0.6 is 38.9 Å². The Hall–Kier alpha value is -0.450. The van der Waals surface area contributed by atoms with Gasteiger partial charge in [0.1, 0.15) is 5.15 Å². The van der Waals surface area contributed by atoms with Gasteiger partial charge in [-0.2, -0.15) is 0 Å². The Bertz CT molecular complexity index is 564. The maximum Gasteiger partial charge on any atom is 0.172 e. The fourth-order valence-corrected chi connectivity index (χ4v) is 4.09. The summed E-state index contributed by atoms with van der Waals surface area (Å²) in [7, 11) is 0. The van der Waals surface area contributed by atoms with Crippen LogP contribution < -0.4 is 0 Å². The molecule has 2 aromatic heterocycles. The molecular formula is C13H12BrClN2S. The van der Waals surface area contributed by atoms with Gasteiger partial charge in [0, 0.05) is 16.1 Å². The molecule has 2 aromatic rings. The van der Waals surface area contributed by atoms with Crippen molar-refractivity contribution >= 4 is 38.9 Å². The van der Waals surface area contributed by atoms with Crippen LogP contribution in [-0.2, 0) is 0 Å². The Morgan fingerprint density at radius 1 is 1.28 bits per heavy atom. The molecule has 3 rings (SSSR count). The van der Waals surface area contributed by atoms with Crippen molar-refractivity contribution in [3.05, 3.63) is 32.8 Å². The third-order valence-electron chi connectivity index (χ3n) is 3.31. The fraction of sp³-hybridized carbons (Fsp3) is 0.385. The van der Waals surface area contributed by atoms with Crippen molar-refractivity contribution in [2.75, 3.05) is 0 Å². The molecule has 1 aliphatic carbocycles. The smallest absolute Gasteiger partial charge is 0.172 e. The fourth-order valence-electron chi connectivity index (χ4n) is 2.42. The van der Waals surface area contributed by atoms with Crippen molar-refractivity contribution < 1.29 is 0 Å². The highest BCUT2D eigenvalue weighted by Crippen LogP contribution is 2.36. The SMILES string of the molecule is Clc1cc(C2CCCC2)nc(-c2sccc2Br)n1. The molecule has 5 heteroatoms. The van der Waals surface area contributed by atoms with Crippen LogP contribution in [0.2, 0.25) is 5.15 Å². The van der Waals surface area contributed by atoms with Crippen LogP contribution in [0, 0.1) is 0 Å². The van der Waals surface area contributed by atoms with E-state index in [2.05, 4.69) is 20.9 Å². The molecule has 2 heterocycles. The lowest BCUT2D eigenvalue weighted by Gasteiger charge is -2.10. The summed E-state index contributed by atoms with van der Waals surface area (Å²) in [6.45, 7) is 0. The molecule has 0 spiro atoms. The second kappa shape index (κ2) is 5.27. The van der Waals surface area contributed by atoms with E-state index in [0.717, 1.165) is 20.9 Å². The van der Waals surface area contributed by atoms with Gasteiger partial charge >= 0.3 is 0 Å². The van der Waals surface area contributed by atoms with E-state index in [1.165, 1.54) is 25.7 Å². The van der Waals surface area contributed by atoms with Crippen molar-refractivity contribution in [3.8, 4) is 10.7 Å². The first-order chi connectivity index (χ1) is 8.74. The lowest BCUT2D eigenvalue weighted by Crippen LogP contribution is -2.00. The maximum atomic E-state index is 6.14. The van der Waals surface area contributed by atoms with Crippen LogP contribution in [0.15, 0.2) is 22.0 Å². The molecule has 1 fully saturated rings. The van der Waals surface area contributed by atoms with E-state index in [4.69, 9.17) is 16.6 Å². The van der Waals surface area contributed by atoms with Crippen LogP contribution in [0.25, 0.3) is 10.7 Å². The van der Waals surface area contributed by atoms with Gasteiger partial charge in [0.2, 0.25) is 0 Å². The second-order valence-corrected chi connectivity index (χ2v) is 6.68. The van der Waals surface area contributed by atoms with Gasteiger partial charge < -0.3 is 0 Å². The van der Waals surface area contributed by atoms with Gasteiger partial charge in [0.15, 0.2) is 5.82 Å². The van der Waals surface area contributed by atoms with E-state index in [1.807, 2.05) is 17.5 Å². The molecule has 0 N–H and O–H groups in total. The lowest BCUT2D eigenvalue weighted by molar-refractivity contribution is 0.695. The van der Waals surface area contributed by atoms with Crippen molar-refractivity contribution in [1.82, 2.24) is 9.97 Å². The minimum absolute atomic E-state index is 0.544. The van der Waals surface area contributed by atoms with Crippen LogP contribution in [0.4, 0.5) is 0 Å². The minimum Gasteiger partial charge on any atom is -0.232 e. The Morgan fingerprint density at radius 3 is 2.72 bits per heavy atom. The quantitative estimate of drug-likeness (QED) is 0.693. The van der Waals surface area contributed by atoms with E-state index in [1.54, 1.807) is 11.3 Å². The molecule has 0 bridgehead atoms. The largest absolute Gasteiger partial charge is 0.232 e. The molecule has 0 aromatic carbocycles. The summed E-state index contributed by atoms with van der Waals surface area (Å²) in [4.78, 5) is 10.1. The van der Waals surface area contributed by atoms with E-state index < -0.39 is 0 Å². The van der Waals surface area contributed by atoms with E-state index in [9.17, 15) is 0 Å². The van der Waals surface area contributed by atoms with Crippen molar-refractivity contribution in [3.63, 3.8) is 0 Å². The first-order valence-corrected chi connectivity index (χ1v) is 8.07. The monoisotopic (exact) mass is 342 g/mol. The number of rotatable bonds is 2. The van der Waals surface area contributed by atoms with Crippen LogP contribution in [0.1, 0.15) is 37.3 Å². The van der Waals surface area contributed by atoms with E-state index in [-0.39, 0.29) is 0 Å². The van der Waals surface area contributed by atoms with E-state index >= 15 is 0 Å². The Labute approximate surface area is 124 Å². The van der Waals surface area contributed by atoms with Gasteiger partial charge in [-0.25, -0.2) is 9.97 Å². The topological polar surface area (TPSA) is 25.8 Å². The van der Waals surface area contributed by atoms with Crippen LogP contribution in [0.5, 0.6) is 0 Å². The Balaban J connectivity index is 2.03. The van der Waals surface area contributed by atoms with E-state index in [0.29, 0.717) is 11.1 Å². The molecule has 1 saturated carbocycles. The third-order valence-corrected chi connectivity index (χ3v) is 5.34. The number of halogens is 2. The Kier molecular flexibility index (Phi) is 3.68. The number of nitrogens with zero attached hydrogens (tertiary/aromatic N) is 2. The van der Waals surface area contributed by atoms with Gasteiger partial charge in [0.05, 0.1) is 4.88 Å². The van der Waals surface area contributed by atoms with Gasteiger partial charge in [-0.05, 0) is 46.3 Å². The number of hydrogen-bond acceptors (Lipinski definition) is 3. The summed E-state index contributed by atoms with van der Waals surface area (Å²) in [6, 6.07) is 3.93. The summed E-state index contributed by atoms with van der Waals surface area (Å²) < 4.78 is 1.03. The van der Waals surface area contributed by atoms with Gasteiger partial charge in [0.25, 0.3) is 0 Å². The van der Waals surface area contributed by atoms with Crippen LogP contribution in [0.3, 0.4) is 0 Å². The highest BCUT2D eigenvalue weighted by atomic mass is 79.9. The number of aromatic nitrogens is 2. The van der Waals surface area contributed by atoms with Crippen molar-refractivity contribution in [2.24, 2.45) is 0 Å². The molecule has 0 atom stereocenters. The lowest BCUT2D eigenvalue weighted by atomic mass is 10.0. The zero-order valence-electron chi connectivity index (χ0n) is 9.70. The summed E-state index contributed by atoms with van der Waals surface area (Å²) in [6.07, 6.45) is 5.03. The average molecular weight is 344 g/mol. The van der Waals surface area contributed by atoms with Crippen molar-refractivity contribution in [1.29, 1.82) is 0 Å². The van der Waals surface area contributed by atoms with Crippen molar-refractivity contribution in [2.45, 2.75) is 31.6 Å². The minimum atomic E-state index is 0.544. The number of hydrogen-bond donors (Lipinski definition) is 0. The maximum absolute atomic E-state index is 6.14.